The van der Waals surface area contributed by atoms with Gasteiger partial charge >= 0.3 is 0 Å². The van der Waals surface area contributed by atoms with Gasteiger partial charge in [-0.15, -0.1) is 0 Å². The third-order valence-electron chi connectivity index (χ3n) is 5.25. The molecule has 0 N–H and O–H groups in total. The van der Waals surface area contributed by atoms with Crippen LogP contribution in [0.15, 0.2) is 34.9 Å². The van der Waals surface area contributed by atoms with Gasteiger partial charge in [0.2, 0.25) is 5.91 Å². The Morgan fingerprint density at radius 3 is 2.73 bits per heavy atom. The Balaban J connectivity index is 1.66. The fraction of sp³-hybridized carbons (Fsp3) is 0.524. The van der Waals surface area contributed by atoms with Crippen molar-refractivity contribution in [2.75, 3.05) is 20.2 Å². The third-order valence-corrected chi connectivity index (χ3v) is 5.25. The van der Waals surface area contributed by atoms with Crippen molar-refractivity contribution in [3.8, 4) is 5.75 Å². The van der Waals surface area contributed by atoms with Crippen LogP contribution in [0.25, 0.3) is 0 Å². The van der Waals surface area contributed by atoms with Crippen LogP contribution in [-0.4, -0.2) is 36.0 Å². The molecule has 26 heavy (non-hydrogen) atoms. The predicted molar refractivity (Wildman–Crippen MR) is 100 cm³/mol. The lowest BCUT2D eigenvalue weighted by molar-refractivity contribution is -0.136. The van der Waals surface area contributed by atoms with Crippen LogP contribution in [0.2, 0.25) is 0 Å². The average Bonchev–Trinajstić information content (AvgIpc) is 3.11. The van der Waals surface area contributed by atoms with Crippen LogP contribution in [0, 0.1) is 5.92 Å². The van der Waals surface area contributed by atoms with Gasteiger partial charge in [-0.25, -0.2) is 4.98 Å². The molecule has 2 heterocycles. The molecule has 1 saturated heterocycles. The van der Waals surface area contributed by atoms with Crippen LogP contribution in [0.1, 0.15) is 50.8 Å². The maximum Gasteiger partial charge on any atom is 0.225 e. The number of rotatable bonds is 5. The molecule has 140 valence electrons. The fourth-order valence-electron chi connectivity index (χ4n) is 3.45. The Morgan fingerprint density at radius 1 is 1.35 bits per heavy atom. The van der Waals surface area contributed by atoms with E-state index in [0.717, 1.165) is 48.9 Å². The highest BCUT2D eigenvalue weighted by Crippen LogP contribution is 2.35. The van der Waals surface area contributed by atoms with Gasteiger partial charge in [0.05, 0.1) is 13.3 Å². The molecule has 1 aliphatic rings. The summed E-state index contributed by atoms with van der Waals surface area (Å²) in [5.74, 6) is 2.77. The Kier molecular flexibility index (Phi) is 5.35. The van der Waals surface area contributed by atoms with E-state index in [0.29, 0.717) is 6.42 Å². The van der Waals surface area contributed by atoms with E-state index in [1.807, 2.05) is 43.1 Å². The number of ether oxygens (including phenoxy) is 1. The molecule has 0 bridgehead atoms. The summed E-state index contributed by atoms with van der Waals surface area (Å²) in [4.78, 5) is 18.7. The number of nitrogens with zero attached hydrogens (tertiary/aromatic N) is 2. The molecule has 1 fully saturated rings. The van der Waals surface area contributed by atoms with Crippen LogP contribution in [-0.2, 0) is 16.6 Å². The SMILES string of the molecule is COc1cccc(Cc2cnc(C3(C)CCN(C(=O)C(C)C)CC3)o2)c1. The van der Waals surface area contributed by atoms with Gasteiger partial charge in [0.25, 0.3) is 0 Å². The normalized spacial score (nSPS) is 16.7. The molecule has 1 aromatic heterocycles. The quantitative estimate of drug-likeness (QED) is 0.817. The first-order valence-corrected chi connectivity index (χ1v) is 9.28. The molecule has 3 rings (SSSR count). The fourth-order valence-corrected chi connectivity index (χ4v) is 3.45. The number of carbonyl (C=O) groups excluding carboxylic acids is 1. The summed E-state index contributed by atoms with van der Waals surface area (Å²) >= 11 is 0. The summed E-state index contributed by atoms with van der Waals surface area (Å²) in [6, 6.07) is 7.99. The zero-order valence-electron chi connectivity index (χ0n) is 16.1. The molecule has 0 atom stereocenters. The Hall–Kier alpha value is -2.30. The molecular formula is C21H28N2O3. The smallest absolute Gasteiger partial charge is 0.225 e. The Morgan fingerprint density at radius 2 is 2.08 bits per heavy atom. The molecule has 0 spiro atoms. The van der Waals surface area contributed by atoms with Gasteiger partial charge in [-0.1, -0.05) is 32.9 Å². The number of methoxy groups -OCH3 is 1. The lowest BCUT2D eigenvalue weighted by Crippen LogP contribution is -2.45. The second-order valence-electron chi connectivity index (χ2n) is 7.70. The van der Waals surface area contributed by atoms with Gasteiger partial charge in [-0.2, -0.15) is 0 Å². The van der Waals surface area contributed by atoms with Crippen LogP contribution >= 0.6 is 0 Å². The molecule has 2 aromatic rings. The second-order valence-corrected chi connectivity index (χ2v) is 7.70. The van der Waals surface area contributed by atoms with E-state index in [4.69, 9.17) is 9.15 Å². The van der Waals surface area contributed by atoms with Crippen molar-refractivity contribution in [3.05, 3.63) is 47.7 Å². The molecule has 1 aliphatic heterocycles. The monoisotopic (exact) mass is 356 g/mol. The summed E-state index contributed by atoms with van der Waals surface area (Å²) in [6.45, 7) is 7.62. The van der Waals surface area contributed by atoms with Gasteiger partial charge < -0.3 is 14.1 Å². The van der Waals surface area contributed by atoms with Gasteiger partial charge in [0.1, 0.15) is 11.5 Å². The summed E-state index contributed by atoms with van der Waals surface area (Å²) in [5.41, 5.74) is 1.02. The van der Waals surface area contributed by atoms with Crippen LogP contribution in [0.5, 0.6) is 5.75 Å². The first-order valence-electron chi connectivity index (χ1n) is 9.28. The van der Waals surface area contributed by atoms with Gasteiger partial charge in [0.15, 0.2) is 5.89 Å². The van der Waals surface area contributed by atoms with E-state index in [1.165, 1.54) is 0 Å². The first-order chi connectivity index (χ1) is 12.4. The summed E-state index contributed by atoms with van der Waals surface area (Å²) in [6.07, 6.45) is 4.28. The summed E-state index contributed by atoms with van der Waals surface area (Å²) in [5, 5.41) is 0. The lowest BCUT2D eigenvalue weighted by atomic mass is 9.80. The second kappa shape index (κ2) is 7.52. The van der Waals surface area contributed by atoms with Crippen LogP contribution in [0.3, 0.4) is 0 Å². The van der Waals surface area contributed by atoms with E-state index in [-0.39, 0.29) is 17.2 Å². The standard InChI is InChI=1S/C21H28N2O3/c1-15(2)19(24)23-10-8-21(3,9-11-23)20-22-14-18(26-20)13-16-6-5-7-17(12-16)25-4/h5-7,12,14-15H,8-11,13H2,1-4H3. The average molecular weight is 356 g/mol. The van der Waals surface area contributed by atoms with E-state index in [2.05, 4.69) is 18.0 Å². The van der Waals surface area contributed by atoms with Crippen molar-refractivity contribution in [2.24, 2.45) is 5.92 Å². The van der Waals surface area contributed by atoms with Gasteiger partial charge in [-0.3, -0.25) is 4.79 Å². The first kappa shape index (κ1) is 18.5. The lowest BCUT2D eigenvalue weighted by Gasteiger charge is -2.38. The molecule has 0 saturated carbocycles. The highest BCUT2D eigenvalue weighted by molar-refractivity contribution is 5.78. The number of hydrogen-bond donors (Lipinski definition) is 0. The highest BCUT2D eigenvalue weighted by Gasteiger charge is 2.37. The van der Waals surface area contributed by atoms with Gasteiger partial charge in [-0.05, 0) is 30.5 Å². The Labute approximate surface area is 155 Å². The number of hydrogen-bond acceptors (Lipinski definition) is 4. The predicted octanol–water partition coefficient (Wildman–Crippen LogP) is 3.81. The maximum absolute atomic E-state index is 12.2. The number of piperidine rings is 1. The maximum atomic E-state index is 12.2. The molecule has 0 unspecified atom stereocenters. The van der Waals surface area contributed by atoms with Crippen molar-refractivity contribution in [1.29, 1.82) is 0 Å². The van der Waals surface area contributed by atoms with Gasteiger partial charge in [0, 0.05) is 30.8 Å². The minimum atomic E-state index is -0.111. The van der Waals surface area contributed by atoms with Crippen LogP contribution in [0.4, 0.5) is 0 Å². The van der Waals surface area contributed by atoms with E-state index in [9.17, 15) is 4.79 Å². The number of likely N-dealkylation sites (tertiary alicyclic amines) is 1. The topological polar surface area (TPSA) is 55.6 Å². The molecule has 0 aliphatic carbocycles. The zero-order valence-corrected chi connectivity index (χ0v) is 16.1. The number of oxazole rings is 1. The van der Waals surface area contributed by atoms with E-state index in [1.54, 1.807) is 7.11 Å². The molecule has 1 aromatic carbocycles. The number of aromatic nitrogens is 1. The van der Waals surface area contributed by atoms with Crippen molar-refractivity contribution in [1.82, 2.24) is 9.88 Å². The van der Waals surface area contributed by atoms with Crippen LogP contribution < -0.4 is 4.74 Å². The van der Waals surface area contributed by atoms with Crippen molar-refractivity contribution >= 4 is 5.91 Å². The molecule has 5 nitrogen and oxygen atoms in total. The third kappa shape index (κ3) is 3.92. The zero-order chi connectivity index (χ0) is 18.7. The van der Waals surface area contributed by atoms with Crippen molar-refractivity contribution in [2.45, 2.75) is 45.4 Å². The Bertz CT molecular complexity index is 758. The van der Waals surface area contributed by atoms with E-state index < -0.39 is 0 Å². The summed E-state index contributed by atoms with van der Waals surface area (Å²) < 4.78 is 11.4. The largest absolute Gasteiger partial charge is 0.497 e. The number of amides is 1. The molecule has 0 radical (unpaired) electrons. The highest BCUT2D eigenvalue weighted by atomic mass is 16.5. The van der Waals surface area contributed by atoms with Crippen molar-refractivity contribution in [3.63, 3.8) is 0 Å². The molecule has 1 amide bonds. The minimum absolute atomic E-state index is 0.0514. The molecule has 5 heteroatoms. The number of carbonyl (C=O) groups is 1. The minimum Gasteiger partial charge on any atom is -0.497 e. The molecular weight excluding hydrogens is 328 g/mol. The number of benzene rings is 1. The van der Waals surface area contributed by atoms with Crippen molar-refractivity contribution < 1.29 is 13.9 Å². The summed E-state index contributed by atoms with van der Waals surface area (Å²) in [7, 11) is 1.67. The van der Waals surface area contributed by atoms with E-state index >= 15 is 0 Å².